The molecule has 0 saturated carbocycles. The minimum Gasteiger partial charge on any atom is -0.497 e. The molecule has 0 spiro atoms. The molecule has 0 saturated heterocycles. The van der Waals surface area contributed by atoms with Gasteiger partial charge < -0.3 is 9.30 Å². The molecule has 0 fully saturated rings. The van der Waals surface area contributed by atoms with E-state index in [-0.39, 0.29) is 11.1 Å². The van der Waals surface area contributed by atoms with E-state index in [1.807, 2.05) is 61.5 Å². The molecule has 0 aliphatic carbocycles. The predicted molar refractivity (Wildman–Crippen MR) is 124 cm³/mol. The van der Waals surface area contributed by atoms with E-state index in [0.29, 0.717) is 22.7 Å². The van der Waals surface area contributed by atoms with Gasteiger partial charge in [0, 0.05) is 11.2 Å². The highest BCUT2D eigenvalue weighted by atomic mass is 35.5. The van der Waals surface area contributed by atoms with Gasteiger partial charge in [-0.25, -0.2) is 4.52 Å². The maximum Gasteiger partial charge on any atom is 0.280 e. The monoisotopic (exact) mass is 445 g/mol. The number of pyridine rings is 1. The lowest BCUT2D eigenvalue weighted by Crippen LogP contribution is -2.22. The molecule has 32 heavy (non-hydrogen) atoms. The summed E-state index contributed by atoms with van der Waals surface area (Å²) in [6.45, 7) is 2.46. The molecule has 3 heterocycles. The zero-order valence-electron chi connectivity index (χ0n) is 17.6. The quantitative estimate of drug-likeness (QED) is 0.401. The fourth-order valence-corrected chi connectivity index (χ4v) is 3.97. The van der Waals surface area contributed by atoms with Crippen molar-refractivity contribution >= 4 is 28.3 Å². The SMILES string of the molecule is CCc1nn2c(nnc3c(=O)n(Cc4ccc(OC)cc4)ccc32)c1-c1ccc(Cl)cc1. The van der Waals surface area contributed by atoms with Crippen molar-refractivity contribution in [3.8, 4) is 16.9 Å². The van der Waals surface area contributed by atoms with E-state index in [1.54, 1.807) is 22.4 Å². The second-order valence-corrected chi connectivity index (χ2v) is 7.88. The van der Waals surface area contributed by atoms with Crippen molar-refractivity contribution in [2.24, 2.45) is 0 Å². The molecule has 160 valence electrons. The number of hydrogen-bond donors (Lipinski definition) is 0. The van der Waals surface area contributed by atoms with Crippen LogP contribution < -0.4 is 10.3 Å². The Kier molecular flexibility index (Phi) is 5.11. The van der Waals surface area contributed by atoms with Crippen molar-refractivity contribution < 1.29 is 4.74 Å². The van der Waals surface area contributed by atoms with Gasteiger partial charge in [-0.15, -0.1) is 10.2 Å². The highest BCUT2D eigenvalue weighted by Crippen LogP contribution is 2.29. The van der Waals surface area contributed by atoms with Crippen LogP contribution in [0.1, 0.15) is 18.2 Å². The van der Waals surface area contributed by atoms with Crippen molar-refractivity contribution in [1.82, 2.24) is 24.4 Å². The first-order valence-electron chi connectivity index (χ1n) is 10.3. The molecular weight excluding hydrogens is 426 g/mol. The maximum absolute atomic E-state index is 13.1. The van der Waals surface area contributed by atoms with E-state index in [4.69, 9.17) is 21.4 Å². The topological polar surface area (TPSA) is 74.3 Å². The van der Waals surface area contributed by atoms with Gasteiger partial charge in [0.25, 0.3) is 5.56 Å². The Morgan fingerprint density at radius 1 is 1.00 bits per heavy atom. The van der Waals surface area contributed by atoms with Crippen LogP contribution in [0.3, 0.4) is 0 Å². The summed E-state index contributed by atoms with van der Waals surface area (Å²) in [5.74, 6) is 0.773. The van der Waals surface area contributed by atoms with Gasteiger partial charge in [0.1, 0.15) is 11.3 Å². The molecule has 3 aromatic heterocycles. The summed E-state index contributed by atoms with van der Waals surface area (Å²) in [7, 11) is 1.62. The summed E-state index contributed by atoms with van der Waals surface area (Å²) in [4.78, 5) is 13.1. The third kappa shape index (κ3) is 3.40. The van der Waals surface area contributed by atoms with E-state index in [9.17, 15) is 4.79 Å². The number of fused-ring (bicyclic) bond motifs is 3. The molecule has 7 nitrogen and oxygen atoms in total. The molecule has 0 aliphatic heterocycles. The molecule has 0 N–H and O–H groups in total. The van der Waals surface area contributed by atoms with E-state index in [2.05, 4.69) is 10.2 Å². The smallest absolute Gasteiger partial charge is 0.280 e. The molecule has 8 heteroatoms. The van der Waals surface area contributed by atoms with Crippen LogP contribution in [0.25, 0.3) is 27.8 Å². The Hall–Kier alpha value is -3.71. The van der Waals surface area contributed by atoms with E-state index in [0.717, 1.165) is 34.6 Å². The fraction of sp³-hybridized carbons (Fsp3) is 0.167. The van der Waals surface area contributed by atoms with Crippen LogP contribution in [0.5, 0.6) is 5.75 Å². The molecule has 2 aromatic carbocycles. The minimum atomic E-state index is -0.214. The fourth-order valence-electron chi connectivity index (χ4n) is 3.84. The molecule has 0 aliphatic rings. The number of methoxy groups -OCH3 is 1. The van der Waals surface area contributed by atoms with Gasteiger partial charge in [-0.1, -0.05) is 42.8 Å². The first-order valence-corrected chi connectivity index (χ1v) is 10.6. The first-order chi connectivity index (χ1) is 15.6. The zero-order valence-corrected chi connectivity index (χ0v) is 18.4. The maximum atomic E-state index is 13.1. The number of ether oxygens (including phenoxy) is 1. The molecule has 0 radical (unpaired) electrons. The van der Waals surface area contributed by atoms with Crippen LogP contribution in [-0.2, 0) is 13.0 Å². The average molecular weight is 446 g/mol. The number of benzene rings is 2. The molecule has 0 unspecified atom stereocenters. The van der Waals surface area contributed by atoms with Crippen LogP contribution in [0.15, 0.2) is 65.6 Å². The van der Waals surface area contributed by atoms with Gasteiger partial charge in [-0.2, -0.15) is 5.10 Å². The van der Waals surface area contributed by atoms with Crippen molar-refractivity contribution in [3.05, 3.63) is 87.4 Å². The van der Waals surface area contributed by atoms with Gasteiger partial charge in [0.05, 0.1) is 24.9 Å². The number of nitrogens with zero attached hydrogens (tertiary/aromatic N) is 5. The van der Waals surface area contributed by atoms with Crippen LogP contribution >= 0.6 is 11.6 Å². The Balaban J connectivity index is 1.63. The van der Waals surface area contributed by atoms with E-state index < -0.39 is 0 Å². The van der Waals surface area contributed by atoms with E-state index >= 15 is 0 Å². The van der Waals surface area contributed by atoms with Crippen molar-refractivity contribution in [3.63, 3.8) is 0 Å². The van der Waals surface area contributed by atoms with Crippen molar-refractivity contribution in [2.75, 3.05) is 7.11 Å². The lowest BCUT2D eigenvalue weighted by molar-refractivity contribution is 0.414. The standard InChI is InChI=1S/C24H20ClN5O2/c1-3-19-21(16-6-8-17(25)9-7-16)23-27-26-22-20(30(23)28-19)12-13-29(24(22)31)14-15-4-10-18(32-2)11-5-15/h4-13H,3,14H2,1-2H3. The minimum absolute atomic E-state index is 0.214. The van der Waals surface area contributed by atoms with Crippen LogP contribution in [0, 0.1) is 0 Å². The predicted octanol–water partition coefficient (Wildman–Crippen LogP) is 4.38. The Labute approximate surface area is 188 Å². The van der Waals surface area contributed by atoms with Crippen LogP contribution in [0.2, 0.25) is 5.02 Å². The summed E-state index contributed by atoms with van der Waals surface area (Å²) < 4.78 is 8.53. The lowest BCUT2D eigenvalue weighted by atomic mass is 10.0. The summed E-state index contributed by atoms with van der Waals surface area (Å²) in [5, 5.41) is 14.1. The molecular formula is C24H20ClN5O2. The molecule has 0 bridgehead atoms. The van der Waals surface area contributed by atoms with Gasteiger partial charge in [0.2, 0.25) is 0 Å². The van der Waals surface area contributed by atoms with Gasteiger partial charge in [0.15, 0.2) is 11.2 Å². The average Bonchev–Trinajstić information content (AvgIpc) is 3.21. The van der Waals surface area contributed by atoms with Crippen molar-refractivity contribution in [1.29, 1.82) is 0 Å². The normalized spacial score (nSPS) is 11.3. The number of rotatable bonds is 5. The molecule has 0 amide bonds. The van der Waals surface area contributed by atoms with Crippen molar-refractivity contribution in [2.45, 2.75) is 19.9 Å². The third-order valence-electron chi connectivity index (χ3n) is 5.50. The summed E-state index contributed by atoms with van der Waals surface area (Å²) >= 11 is 6.06. The second-order valence-electron chi connectivity index (χ2n) is 7.45. The first kappa shape index (κ1) is 20.2. The number of halogens is 1. The molecule has 5 aromatic rings. The number of aromatic nitrogens is 5. The number of aryl methyl sites for hydroxylation is 1. The zero-order chi connectivity index (χ0) is 22.2. The largest absolute Gasteiger partial charge is 0.497 e. The van der Waals surface area contributed by atoms with Gasteiger partial charge in [-0.05, 0) is 47.9 Å². The lowest BCUT2D eigenvalue weighted by Gasteiger charge is -2.08. The highest BCUT2D eigenvalue weighted by Gasteiger charge is 2.18. The van der Waals surface area contributed by atoms with Gasteiger partial charge in [-0.3, -0.25) is 4.79 Å². The molecule has 0 atom stereocenters. The second kappa shape index (κ2) is 8.09. The summed E-state index contributed by atoms with van der Waals surface area (Å²) in [6, 6.07) is 17.0. The van der Waals surface area contributed by atoms with Crippen LogP contribution in [0.4, 0.5) is 0 Å². The van der Waals surface area contributed by atoms with E-state index in [1.165, 1.54) is 0 Å². The Bertz CT molecular complexity index is 1490. The summed E-state index contributed by atoms with van der Waals surface area (Å²) in [6.07, 6.45) is 2.49. The summed E-state index contributed by atoms with van der Waals surface area (Å²) in [5.41, 5.74) is 5.04. The van der Waals surface area contributed by atoms with Gasteiger partial charge >= 0.3 is 0 Å². The molecule has 5 rings (SSSR count). The van der Waals surface area contributed by atoms with Crippen LogP contribution in [-0.4, -0.2) is 31.5 Å². The Morgan fingerprint density at radius 3 is 2.44 bits per heavy atom. The third-order valence-corrected chi connectivity index (χ3v) is 5.76. The highest BCUT2D eigenvalue weighted by molar-refractivity contribution is 6.30. The Morgan fingerprint density at radius 2 is 1.75 bits per heavy atom. The number of hydrogen-bond acceptors (Lipinski definition) is 5.